The molecule has 5 heteroatoms. The molecule has 20 heavy (non-hydrogen) atoms. The molecule has 1 aromatic rings. The second kappa shape index (κ2) is 6.61. The number of halogens is 1. The number of pyridine rings is 1. The van der Waals surface area contributed by atoms with Gasteiger partial charge in [0.05, 0.1) is 23.6 Å². The quantitative estimate of drug-likeness (QED) is 0.899. The third-order valence-corrected chi connectivity index (χ3v) is 4.04. The van der Waals surface area contributed by atoms with Gasteiger partial charge in [0.25, 0.3) is 0 Å². The first-order chi connectivity index (χ1) is 9.52. The molecule has 4 nitrogen and oxygen atoms in total. The van der Waals surface area contributed by atoms with Crippen molar-refractivity contribution in [2.75, 3.05) is 26.7 Å². The van der Waals surface area contributed by atoms with Crippen LogP contribution in [0.25, 0.3) is 0 Å². The first-order valence-electron chi connectivity index (χ1n) is 7.09. The van der Waals surface area contributed by atoms with Crippen LogP contribution in [0.2, 0.25) is 0 Å². The van der Waals surface area contributed by atoms with E-state index >= 15 is 0 Å². The minimum absolute atomic E-state index is 0.0860. The van der Waals surface area contributed by atoms with E-state index in [9.17, 15) is 9.50 Å². The lowest BCUT2D eigenvalue weighted by Gasteiger charge is -2.39. The first-order valence-corrected chi connectivity index (χ1v) is 7.09. The molecule has 2 rings (SSSR count). The first kappa shape index (κ1) is 15.4. The second-order valence-electron chi connectivity index (χ2n) is 5.74. The molecule has 1 aromatic heterocycles. The van der Waals surface area contributed by atoms with Gasteiger partial charge in [0.1, 0.15) is 5.82 Å². The molecule has 2 atom stereocenters. The lowest BCUT2D eigenvalue weighted by atomic mass is 9.94. The smallest absolute Gasteiger partial charge is 0.141 e. The minimum Gasteiger partial charge on any atom is -0.387 e. The van der Waals surface area contributed by atoms with Crippen molar-refractivity contribution in [2.45, 2.75) is 37.9 Å². The summed E-state index contributed by atoms with van der Waals surface area (Å²) < 4.78 is 18.3. The number of aromatic nitrogens is 1. The summed E-state index contributed by atoms with van der Waals surface area (Å²) in [6.07, 6.45) is 3.27. The monoisotopic (exact) mass is 282 g/mol. The SMILES string of the molecule is COC1(C)CCCN(CCC(O)c2ccc(F)cn2)C1. The van der Waals surface area contributed by atoms with E-state index < -0.39 is 6.10 Å². The van der Waals surface area contributed by atoms with Gasteiger partial charge in [-0.25, -0.2) is 4.39 Å². The molecule has 1 aliphatic heterocycles. The molecule has 0 radical (unpaired) electrons. The fraction of sp³-hybridized carbons (Fsp3) is 0.667. The van der Waals surface area contributed by atoms with Gasteiger partial charge in [0, 0.05) is 20.2 Å². The van der Waals surface area contributed by atoms with E-state index in [0.717, 1.165) is 38.7 Å². The van der Waals surface area contributed by atoms with Gasteiger partial charge in [0.2, 0.25) is 0 Å². The minimum atomic E-state index is -0.647. The summed E-state index contributed by atoms with van der Waals surface area (Å²) in [5, 5.41) is 10.1. The zero-order valence-corrected chi connectivity index (χ0v) is 12.2. The van der Waals surface area contributed by atoms with Crippen molar-refractivity contribution in [3.05, 3.63) is 29.8 Å². The Hall–Kier alpha value is -1.04. The van der Waals surface area contributed by atoms with Crippen LogP contribution in [0.15, 0.2) is 18.3 Å². The Labute approximate surface area is 119 Å². The van der Waals surface area contributed by atoms with Crippen LogP contribution in [0.5, 0.6) is 0 Å². The van der Waals surface area contributed by atoms with Crippen LogP contribution in [0.1, 0.15) is 38.0 Å². The molecule has 112 valence electrons. The van der Waals surface area contributed by atoms with E-state index in [0.29, 0.717) is 12.1 Å². The van der Waals surface area contributed by atoms with E-state index in [1.165, 1.54) is 12.1 Å². The number of likely N-dealkylation sites (tertiary alicyclic amines) is 1. The van der Waals surface area contributed by atoms with Crippen molar-refractivity contribution in [3.8, 4) is 0 Å². The van der Waals surface area contributed by atoms with Gasteiger partial charge >= 0.3 is 0 Å². The van der Waals surface area contributed by atoms with Crippen molar-refractivity contribution in [3.63, 3.8) is 0 Å². The summed E-state index contributed by atoms with van der Waals surface area (Å²) in [6, 6.07) is 2.86. The molecule has 0 spiro atoms. The fourth-order valence-electron chi connectivity index (χ4n) is 2.70. The zero-order valence-electron chi connectivity index (χ0n) is 12.2. The summed E-state index contributed by atoms with van der Waals surface area (Å²) in [6.45, 7) is 4.83. The van der Waals surface area contributed by atoms with Crippen molar-refractivity contribution >= 4 is 0 Å². The maximum atomic E-state index is 12.8. The standard InChI is InChI=1S/C15H23FN2O2/c1-15(20-2)7-3-8-18(11-15)9-6-14(19)13-5-4-12(16)10-17-13/h4-5,10,14,19H,3,6-9,11H2,1-2H3. The van der Waals surface area contributed by atoms with E-state index in [1.54, 1.807) is 7.11 Å². The number of hydrogen-bond donors (Lipinski definition) is 1. The Kier molecular flexibility index (Phi) is 5.07. The maximum Gasteiger partial charge on any atom is 0.141 e. The van der Waals surface area contributed by atoms with Gasteiger partial charge in [-0.3, -0.25) is 4.98 Å². The van der Waals surface area contributed by atoms with Crippen LogP contribution in [-0.2, 0) is 4.74 Å². The van der Waals surface area contributed by atoms with Crippen LogP contribution < -0.4 is 0 Å². The van der Waals surface area contributed by atoms with E-state index in [1.807, 2.05) is 0 Å². The molecule has 1 N–H and O–H groups in total. The molecule has 0 aliphatic carbocycles. The molecular weight excluding hydrogens is 259 g/mol. The van der Waals surface area contributed by atoms with Gasteiger partial charge < -0.3 is 14.7 Å². The van der Waals surface area contributed by atoms with Gasteiger partial charge in [-0.1, -0.05) is 0 Å². The molecule has 1 fully saturated rings. The lowest BCUT2D eigenvalue weighted by Crippen LogP contribution is -2.47. The number of aliphatic hydroxyl groups excluding tert-OH is 1. The summed E-state index contributed by atoms with van der Waals surface area (Å²) in [4.78, 5) is 6.22. The van der Waals surface area contributed by atoms with Crippen molar-refractivity contribution in [1.82, 2.24) is 9.88 Å². The van der Waals surface area contributed by atoms with Crippen LogP contribution in [-0.4, -0.2) is 47.3 Å². The highest BCUT2D eigenvalue weighted by Gasteiger charge is 2.30. The molecule has 1 saturated heterocycles. The molecule has 0 bridgehead atoms. The number of hydrogen-bond acceptors (Lipinski definition) is 4. The summed E-state index contributed by atoms with van der Waals surface area (Å²) >= 11 is 0. The second-order valence-corrected chi connectivity index (χ2v) is 5.74. The number of nitrogens with zero attached hydrogens (tertiary/aromatic N) is 2. The van der Waals surface area contributed by atoms with E-state index in [4.69, 9.17) is 4.74 Å². The van der Waals surface area contributed by atoms with Crippen LogP contribution in [0.4, 0.5) is 4.39 Å². The van der Waals surface area contributed by atoms with Crippen molar-refractivity contribution in [2.24, 2.45) is 0 Å². The molecule has 1 aliphatic rings. The third kappa shape index (κ3) is 3.98. The molecule has 2 unspecified atom stereocenters. The van der Waals surface area contributed by atoms with E-state index in [-0.39, 0.29) is 11.4 Å². The average molecular weight is 282 g/mol. The van der Waals surface area contributed by atoms with Gasteiger partial charge in [-0.2, -0.15) is 0 Å². The largest absolute Gasteiger partial charge is 0.387 e. The number of methoxy groups -OCH3 is 1. The summed E-state index contributed by atoms with van der Waals surface area (Å²) in [7, 11) is 1.75. The highest BCUT2D eigenvalue weighted by Crippen LogP contribution is 2.25. The molecule has 0 saturated carbocycles. The van der Waals surface area contributed by atoms with Crippen LogP contribution in [0, 0.1) is 5.82 Å². The Bertz CT molecular complexity index is 426. The van der Waals surface area contributed by atoms with Gasteiger partial charge in [-0.05, 0) is 44.9 Å². The van der Waals surface area contributed by atoms with Crippen molar-refractivity contribution < 1.29 is 14.2 Å². The predicted octanol–water partition coefficient (Wildman–Crippen LogP) is 2.15. The van der Waals surface area contributed by atoms with Crippen molar-refractivity contribution in [1.29, 1.82) is 0 Å². The maximum absolute atomic E-state index is 12.8. The number of ether oxygens (including phenoxy) is 1. The number of aliphatic hydroxyl groups is 1. The fourth-order valence-corrected chi connectivity index (χ4v) is 2.70. The Balaban J connectivity index is 1.84. The van der Waals surface area contributed by atoms with Crippen LogP contribution >= 0.6 is 0 Å². The molecule has 2 heterocycles. The predicted molar refractivity (Wildman–Crippen MR) is 74.9 cm³/mol. The number of piperidine rings is 1. The normalized spacial score (nSPS) is 25.6. The average Bonchev–Trinajstić information content (AvgIpc) is 2.46. The molecule has 0 amide bonds. The number of rotatable bonds is 5. The van der Waals surface area contributed by atoms with Gasteiger partial charge in [-0.15, -0.1) is 0 Å². The topological polar surface area (TPSA) is 45.6 Å². The van der Waals surface area contributed by atoms with Gasteiger partial charge in [0.15, 0.2) is 0 Å². The zero-order chi connectivity index (χ0) is 14.6. The molecular formula is C15H23FN2O2. The van der Waals surface area contributed by atoms with Crippen LogP contribution in [0.3, 0.4) is 0 Å². The highest BCUT2D eigenvalue weighted by atomic mass is 19.1. The lowest BCUT2D eigenvalue weighted by molar-refractivity contribution is -0.0528. The van der Waals surface area contributed by atoms with E-state index in [2.05, 4.69) is 16.8 Å². The summed E-state index contributed by atoms with van der Waals surface area (Å²) in [5.41, 5.74) is 0.440. The Morgan fingerprint density at radius 3 is 3.00 bits per heavy atom. The Morgan fingerprint density at radius 2 is 2.35 bits per heavy atom. The third-order valence-electron chi connectivity index (χ3n) is 4.04. The Morgan fingerprint density at radius 1 is 1.55 bits per heavy atom. The molecule has 0 aromatic carbocycles. The summed E-state index contributed by atoms with van der Waals surface area (Å²) in [5.74, 6) is -0.382. The highest BCUT2D eigenvalue weighted by molar-refractivity contribution is 5.08.